The lowest BCUT2D eigenvalue weighted by Crippen LogP contribution is -2.12. The molecule has 1 N–H and O–H groups in total. The minimum atomic E-state index is -0.279. The van der Waals surface area contributed by atoms with Crippen LogP contribution in [-0.4, -0.2) is 9.97 Å². The fourth-order valence-electron chi connectivity index (χ4n) is 2.18. The first-order valence-corrected chi connectivity index (χ1v) is 8.21. The van der Waals surface area contributed by atoms with E-state index in [1.807, 2.05) is 30.5 Å². The van der Waals surface area contributed by atoms with Crippen LogP contribution in [0.5, 0.6) is 0 Å². The Balaban J connectivity index is 2.21. The fraction of sp³-hybridized carbons (Fsp3) is 0.200. The van der Waals surface area contributed by atoms with E-state index in [0.29, 0.717) is 27.5 Å². The number of H-pyrrole nitrogens is 1. The number of aromatic amines is 1. The summed E-state index contributed by atoms with van der Waals surface area (Å²) in [7, 11) is 0. The molecule has 3 nitrogen and oxygen atoms in total. The molecule has 0 aliphatic carbocycles. The highest BCUT2D eigenvalue weighted by Crippen LogP contribution is 2.32. The van der Waals surface area contributed by atoms with E-state index in [1.165, 1.54) is 11.3 Å². The van der Waals surface area contributed by atoms with Crippen molar-refractivity contribution in [3.8, 4) is 11.1 Å². The van der Waals surface area contributed by atoms with Gasteiger partial charge in [0.05, 0.1) is 10.8 Å². The predicted molar refractivity (Wildman–Crippen MR) is 89.6 cm³/mol. The van der Waals surface area contributed by atoms with E-state index in [-0.39, 0.29) is 10.9 Å². The lowest BCUT2D eigenvalue weighted by Gasteiger charge is -2.05. The Morgan fingerprint density at radius 3 is 2.95 bits per heavy atom. The van der Waals surface area contributed by atoms with Gasteiger partial charge in [-0.25, -0.2) is 4.98 Å². The number of hydrogen-bond acceptors (Lipinski definition) is 3. The van der Waals surface area contributed by atoms with Crippen molar-refractivity contribution in [2.45, 2.75) is 18.7 Å². The topological polar surface area (TPSA) is 45.8 Å². The minimum absolute atomic E-state index is 0.162. The monoisotopic (exact) mass is 338 g/mol. The third-order valence-electron chi connectivity index (χ3n) is 3.25. The second kappa shape index (κ2) is 5.79. The Labute approximate surface area is 135 Å². The van der Waals surface area contributed by atoms with Gasteiger partial charge in [0.25, 0.3) is 5.56 Å². The van der Waals surface area contributed by atoms with E-state index in [2.05, 4.69) is 9.97 Å². The van der Waals surface area contributed by atoms with E-state index in [9.17, 15) is 4.79 Å². The van der Waals surface area contributed by atoms with Crippen LogP contribution in [0.15, 0.2) is 34.4 Å². The van der Waals surface area contributed by atoms with Crippen LogP contribution < -0.4 is 5.56 Å². The van der Waals surface area contributed by atoms with E-state index in [4.69, 9.17) is 23.2 Å². The number of hydrogen-bond donors (Lipinski definition) is 1. The number of rotatable bonds is 3. The molecule has 0 radical (unpaired) electrons. The van der Waals surface area contributed by atoms with Crippen molar-refractivity contribution in [1.29, 1.82) is 0 Å². The van der Waals surface area contributed by atoms with E-state index >= 15 is 0 Å². The van der Waals surface area contributed by atoms with Gasteiger partial charge >= 0.3 is 0 Å². The van der Waals surface area contributed by atoms with E-state index < -0.39 is 0 Å². The van der Waals surface area contributed by atoms with Crippen molar-refractivity contribution in [1.82, 2.24) is 9.97 Å². The Bertz CT molecular complexity index is 856. The average molecular weight is 339 g/mol. The summed E-state index contributed by atoms with van der Waals surface area (Å²) in [6, 6.07) is 7.44. The molecule has 0 aliphatic heterocycles. The Morgan fingerprint density at radius 2 is 2.24 bits per heavy atom. The van der Waals surface area contributed by atoms with Crippen molar-refractivity contribution >= 4 is 44.8 Å². The highest BCUT2D eigenvalue weighted by molar-refractivity contribution is 7.17. The molecule has 0 amide bonds. The first-order valence-electron chi connectivity index (χ1n) is 6.51. The fourth-order valence-corrected chi connectivity index (χ4v) is 3.42. The molecule has 3 aromatic rings. The number of halogens is 2. The largest absolute Gasteiger partial charge is 0.309 e. The van der Waals surface area contributed by atoms with E-state index in [1.54, 1.807) is 6.07 Å². The maximum atomic E-state index is 12.4. The normalized spacial score (nSPS) is 12.7. The van der Waals surface area contributed by atoms with Gasteiger partial charge in [0.15, 0.2) is 0 Å². The van der Waals surface area contributed by atoms with Gasteiger partial charge in [-0.05, 0) is 24.1 Å². The predicted octanol–water partition coefficient (Wildman–Crippen LogP) is 4.99. The molecule has 0 spiro atoms. The van der Waals surface area contributed by atoms with Gasteiger partial charge in [-0.15, -0.1) is 22.9 Å². The lowest BCUT2D eigenvalue weighted by molar-refractivity contribution is 0.807. The van der Waals surface area contributed by atoms with Crippen LogP contribution in [0.2, 0.25) is 5.02 Å². The molecular weight excluding hydrogens is 327 g/mol. The van der Waals surface area contributed by atoms with Gasteiger partial charge in [0.2, 0.25) is 0 Å². The molecule has 3 rings (SSSR count). The van der Waals surface area contributed by atoms with Crippen molar-refractivity contribution in [3.63, 3.8) is 0 Å². The van der Waals surface area contributed by atoms with Crippen molar-refractivity contribution in [2.75, 3.05) is 0 Å². The Hall–Kier alpha value is -1.36. The molecular formula is C15H12Cl2N2OS. The molecule has 2 aromatic heterocycles. The Kier molecular flexibility index (Phi) is 4.02. The molecule has 0 aliphatic rings. The number of thiophene rings is 1. The summed E-state index contributed by atoms with van der Waals surface area (Å²) in [4.78, 5) is 20.3. The number of nitrogens with one attached hydrogen (secondary N) is 1. The van der Waals surface area contributed by atoms with Crippen molar-refractivity contribution < 1.29 is 0 Å². The highest BCUT2D eigenvalue weighted by atomic mass is 35.5. The zero-order valence-corrected chi connectivity index (χ0v) is 13.5. The molecule has 0 saturated heterocycles. The van der Waals surface area contributed by atoms with Gasteiger partial charge in [-0.2, -0.15) is 0 Å². The molecule has 1 aromatic carbocycles. The van der Waals surface area contributed by atoms with Gasteiger partial charge in [0.1, 0.15) is 10.7 Å². The first kappa shape index (κ1) is 14.6. The smallest absolute Gasteiger partial charge is 0.260 e. The zero-order chi connectivity index (χ0) is 15.0. The quantitative estimate of drug-likeness (QED) is 0.683. The second-order valence-corrected chi connectivity index (χ2v) is 6.49. The summed E-state index contributed by atoms with van der Waals surface area (Å²) >= 11 is 13.6. The molecule has 108 valence electrons. The maximum absolute atomic E-state index is 12.4. The molecule has 0 bridgehead atoms. The minimum Gasteiger partial charge on any atom is -0.309 e. The zero-order valence-electron chi connectivity index (χ0n) is 11.2. The van der Waals surface area contributed by atoms with Gasteiger partial charge < -0.3 is 4.98 Å². The number of alkyl halides is 1. The van der Waals surface area contributed by atoms with Crippen LogP contribution in [0.25, 0.3) is 21.3 Å². The van der Waals surface area contributed by atoms with Crippen LogP contribution in [0.3, 0.4) is 0 Å². The number of aromatic nitrogens is 2. The molecule has 0 fully saturated rings. The molecule has 1 unspecified atom stereocenters. The molecule has 6 heteroatoms. The summed E-state index contributed by atoms with van der Waals surface area (Å²) in [5.41, 5.74) is 1.59. The molecule has 2 heterocycles. The molecule has 1 atom stereocenters. The van der Waals surface area contributed by atoms with Crippen LogP contribution in [0.1, 0.15) is 24.5 Å². The number of fused-ring (bicyclic) bond motifs is 1. The van der Waals surface area contributed by atoms with Crippen molar-refractivity contribution in [3.05, 3.63) is 50.8 Å². The van der Waals surface area contributed by atoms with Gasteiger partial charge in [0, 0.05) is 16.0 Å². The summed E-state index contributed by atoms with van der Waals surface area (Å²) < 4.78 is 0. The standard InChI is InChI=1S/C15H12Cl2N2OS/c1-2-11(17)13-18-14(20)12-10(7-21-15(12)19-13)8-4-3-5-9(16)6-8/h3-7,11H,2H2,1H3,(H,18,19,20). The van der Waals surface area contributed by atoms with Crippen LogP contribution in [0, 0.1) is 0 Å². The van der Waals surface area contributed by atoms with Gasteiger partial charge in [-0.1, -0.05) is 30.7 Å². The van der Waals surface area contributed by atoms with Crippen LogP contribution in [0.4, 0.5) is 0 Å². The molecule has 0 saturated carbocycles. The van der Waals surface area contributed by atoms with Crippen molar-refractivity contribution in [2.24, 2.45) is 0 Å². The summed E-state index contributed by atoms with van der Waals surface area (Å²) in [6.45, 7) is 1.95. The second-order valence-electron chi connectivity index (χ2n) is 4.67. The van der Waals surface area contributed by atoms with Crippen LogP contribution in [-0.2, 0) is 0 Å². The maximum Gasteiger partial charge on any atom is 0.260 e. The SMILES string of the molecule is CCC(Cl)c1nc2scc(-c3cccc(Cl)c3)c2c(=O)[nH]1. The number of nitrogens with zero attached hydrogens (tertiary/aromatic N) is 1. The Morgan fingerprint density at radius 1 is 1.43 bits per heavy atom. The van der Waals surface area contributed by atoms with Gasteiger partial charge in [-0.3, -0.25) is 4.79 Å². The first-order chi connectivity index (χ1) is 10.1. The van der Waals surface area contributed by atoms with E-state index in [0.717, 1.165) is 11.1 Å². The third kappa shape index (κ3) is 2.71. The lowest BCUT2D eigenvalue weighted by atomic mass is 10.1. The third-order valence-corrected chi connectivity index (χ3v) is 4.88. The summed E-state index contributed by atoms with van der Waals surface area (Å²) in [5, 5.41) is 2.88. The highest BCUT2D eigenvalue weighted by Gasteiger charge is 2.15. The average Bonchev–Trinajstić information content (AvgIpc) is 2.91. The summed E-state index contributed by atoms with van der Waals surface area (Å²) in [5.74, 6) is 0.524. The summed E-state index contributed by atoms with van der Waals surface area (Å²) in [6.07, 6.45) is 0.711. The molecule has 21 heavy (non-hydrogen) atoms. The van der Waals surface area contributed by atoms with Crippen LogP contribution >= 0.6 is 34.5 Å². The number of benzene rings is 1.